The van der Waals surface area contributed by atoms with Crippen LogP contribution in [0.5, 0.6) is 5.75 Å². The van der Waals surface area contributed by atoms with Crippen LogP contribution in [0.25, 0.3) is 0 Å². The number of pyridine rings is 1. The topological polar surface area (TPSA) is 22.1 Å². The highest BCUT2D eigenvalue weighted by molar-refractivity contribution is 5.30. The molecule has 0 aliphatic heterocycles. The van der Waals surface area contributed by atoms with E-state index in [1.165, 1.54) is 0 Å². The molecule has 2 nitrogen and oxygen atoms in total. The maximum absolute atomic E-state index is 13.6. The van der Waals surface area contributed by atoms with Gasteiger partial charge in [0, 0.05) is 11.6 Å². The third-order valence-corrected chi connectivity index (χ3v) is 3.48. The van der Waals surface area contributed by atoms with Gasteiger partial charge in [0.15, 0.2) is 6.61 Å². The van der Waals surface area contributed by atoms with Crippen LogP contribution in [0.1, 0.15) is 50.9 Å². The van der Waals surface area contributed by atoms with E-state index < -0.39 is 18.4 Å². The molecule has 0 amide bonds. The molecule has 0 aromatic carbocycles. The van der Waals surface area contributed by atoms with E-state index in [2.05, 4.69) is 18.8 Å². The lowest BCUT2D eigenvalue weighted by Crippen LogP contribution is -2.28. The van der Waals surface area contributed by atoms with Crippen molar-refractivity contribution < 1.29 is 13.5 Å². The zero-order chi connectivity index (χ0) is 14.0. The SMILES string of the molecule is CCc1nc(C(C)C)ccc1OCC(F)(F)C1CC1. The highest BCUT2D eigenvalue weighted by atomic mass is 19.3. The second-order valence-electron chi connectivity index (χ2n) is 5.51. The molecular weight excluding hydrogens is 248 g/mol. The van der Waals surface area contributed by atoms with E-state index in [0.717, 1.165) is 11.4 Å². The maximum Gasteiger partial charge on any atom is 0.284 e. The summed E-state index contributed by atoms with van der Waals surface area (Å²) in [5.74, 6) is -2.37. The van der Waals surface area contributed by atoms with Gasteiger partial charge in [-0.1, -0.05) is 20.8 Å². The molecule has 106 valence electrons. The number of halogens is 2. The van der Waals surface area contributed by atoms with Crippen LogP contribution >= 0.6 is 0 Å². The Morgan fingerprint density at radius 1 is 1.37 bits per heavy atom. The minimum Gasteiger partial charge on any atom is -0.485 e. The number of hydrogen-bond acceptors (Lipinski definition) is 2. The van der Waals surface area contributed by atoms with Gasteiger partial charge in [-0.2, -0.15) is 0 Å². The molecule has 1 aliphatic rings. The lowest BCUT2D eigenvalue weighted by molar-refractivity contribution is -0.0605. The Labute approximate surface area is 113 Å². The summed E-state index contributed by atoms with van der Waals surface area (Å²) in [5.41, 5.74) is 1.73. The fourth-order valence-electron chi connectivity index (χ4n) is 2.01. The van der Waals surface area contributed by atoms with E-state index in [9.17, 15) is 8.78 Å². The van der Waals surface area contributed by atoms with E-state index >= 15 is 0 Å². The van der Waals surface area contributed by atoms with Gasteiger partial charge in [-0.25, -0.2) is 8.78 Å². The van der Waals surface area contributed by atoms with Crippen molar-refractivity contribution in [1.29, 1.82) is 0 Å². The predicted molar refractivity (Wildman–Crippen MR) is 70.9 cm³/mol. The smallest absolute Gasteiger partial charge is 0.284 e. The van der Waals surface area contributed by atoms with Gasteiger partial charge in [-0.3, -0.25) is 4.98 Å². The quantitative estimate of drug-likeness (QED) is 0.772. The van der Waals surface area contributed by atoms with Gasteiger partial charge in [0.05, 0.1) is 5.69 Å². The van der Waals surface area contributed by atoms with Crippen molar-refractivity contribution in [1.82, 2.24) is 4.98 Å². The van der Waals surface area contributed by atoms with E-state index in [-0.39, 0.29) is 0 Å². The molecule has 0 saturated heterocycles. The molecule has 1 heterocycles. The fraction of sp³-hybridized carbons (Fsp3) is 0.667. The van der Waals surface area contributed by atoms with Crippen LogP contribution in [0.4, 0.5) is 8.78 Å². The summed E-state index contributed by atoms with van der Waals surface area (Å²) < 4.78 is 32.5. The third-order valence-electron chi connectivity index (χ3n) is 3.48. The Kier molecular flexibility index (Phi) is 4.07. The maximum atomic E-state index is 13.6. The summed E-state index contributed by atoms with van der Waals surface area (Å²) >= 11 is 0. The minimum absolute atomic E-state index is 0.326. The Bertz CT molecular complexity index is 442. The predicted octanol–water partition coefficient (Wildman–Crippen LogP) is 4.19. The Morgan fingerprint density at radius 2 is 2.05 bits per heavy atom. The van der Waals surface area contributed by atoms with Crippen molar-refractivity contribution in [3.8, 4) is 5.75 Å². The third kappa shape index (κ3) is 3.43. The van der Waals surface area contributed by atoms with Gasteiger partial charge in [0.2, 0.25) is 0 Å². The first-order chi connectivity index (χ1) is 8.94. The van der Waals surface area contributed by atoms with Gasteiger partial charge >= 0.3 is 0 Å². The van der Waals surface area contributed by atoms with Crippen molar-refractivity contribution in [3.05, 3.63) is 23.5 Å². The molecule has 0 unspecified atom stereocenters. The van der Waals surface area contributed by atoms with E-state index in [1.807, 2.05) is 13.0 Å². The van der Waals surface area contributed by atoms with Crippen LogP contribution in [0.2, 0.25) is 0 Å². The summed E-state index contributed by atoms with van der Waals surface area (Å²) in [5, 5.41) is 0. The first-order valence-corrected chi connectivity index (χ1v) is 6.94. The normalized spacial score (nSPS) is 15.9. The molecule has 19 heavy (non-hydrogen) atoms. The van der Waals surface area contributed by atoms with Crippen molar-refractivity contribution in [3.63, 3.8) is 0 Å². The van der Waals surface area contributed by atoms with Crippen LogP contribution in [-0.4, -0.2) is 17.5 Å². The molecule has 0 spiro atoms. The van der Waals surface area contributed by atoms with Gasteiger partial charge in [0.1, 0.15) is 5.75 Å². The number of hydrogen-bond donors (Lipinski definition) is 0. The molecule has 1 aromatic rings. The summed E-state index contributed by atoms with van der Waals surface area (Å²) in [6.07, 6.45) is 1.91. The summed E-state index contributed by atoms with van der Waals surface area (Å²) in [6, 6.07) is 3.62. The van der Waals surface area contributed by atoms with Gasteiger partial charge in [-0.15, -0.1) is 0 Å². The second kappa shape index (κ2) is 5.43. The molecule has 2 rings (SSSR count). The molecule has 0 atom stereocenters. The zero-order valence-corrected chi connectivity index (χ0v) is 11.7. The second-order valence-corrected chi connectivity index (χ2v) is 5.51. The molecule has 1 saturated carbocycles. The lowest BCUT2D eigenvalue weighted by atomic mass is 10.1. The number of alkyl halides is 2. The van der Waals surface area contributed by atoms with Crippen LogP contribution in [0, 0.1) is 5.92 Å². The molecule has 1 aromatic heterocycles. The molecule has 1 aliphatic carbocycles. The summed E-state index contributed by atoms with van der Waals surface area (Å²) in [4.78, 5) is 4.48. The van der Waals surface area contributed by atoms with Gasteiger partial charge < -0.3 is 4.74 Å². The van der Waals surface area contributed by atoms with Gasteiger partial charge in [-0.05, 0) is 37.3 Å². The van der Waals surface area contributed by atoms with Crippen LogP contribution in [-0.2, 0) is 6.42 Å². The summed E-state index contributed by atoms with van der Waals surface area (Å²) in [6.45, 7) is 5.54. The largest absolute Gasteiger partial charge is 0.485 e. The number of ether oxygens (including phenoxy) is 1. The highest BCUT2D eigenvalue weighted by Gasteiger charge is 2.47. The van der Waals surface area contributed by atoms with Gasteiger partial charge in [0.25, 0.3) is 5.92 Å². The average Bonchev–Trinajstić information content (AvgIpc) is 3.20. The Hall–Kier alpha value is -1.19. The molecular formula is C15H21F2NO. The summed E-state index contributed by atoms with van der Waals surface area (Å²) in [7, 11) is 0. The van der Waals surface area contributed by atoms with Crippen LogP contribution in [0.15, 0.2) is 12.1 Å². The standard InChI is InChI=1S/C15H21F2NO/c1-4-12-14(8-7-13(18-12)10(2)3)19-9-15(16,17)11-5-6-11/h7-8,10-11H,4-6,9H2,1-3H3. The molecule has 0 bridgehead atoms. The number of nitrogens with zero attached hydrogens (tertiary/aromatic N) is 1. The van der Waals surface area contributed by atoms with E-state index in [1.54, 1.807) is 6.07 Å². The molecule has 0 N–H and O–H groups in total. The first-order valence-electron chi connectivity index (χ1n) is 6.94. The van der Waals surface area contributed by atoms with E-state index in [0.29, 0.717) is 30.9 Å². The van der Waals surface area contributed by atoms with Crippen molar-refractivity contribution in [2.24, 2.45) is 5.92 Å². The number of aryl methyl sites for hydroxylation is 1. The van der Waals surface area contributed by atoms with Crippen LogP contribution < -0.4 is 4.74 Å². The van der Waals surface area contributed by atoms with Crippen molar-refractivity contribution in [2.75, 3.05) is 6.61 Å². The Morgan fingerprint density at radius 3 is 2.58 bits per heavy atom. The van der Waals surface area contributed by atoms with Crippen LogP contribution in [0.3, 0.4) is 0 Å². The molecule has 0 radical (unpaired) electrons. The van der Waals surface area contributed by atoms with E-state index in [4.69, 9.17) is 4.74 Å². The van der Waals surface area contributed by atoms with Crippen molar-refractivity contribution >= 4 is 0 Å². The van der Waals surface area contributed by atoms with Crippen molar-refractivity contribution in [2.45, 2.75) is 51.9 Å². The number of rotatable bonds is 6. The Balaban J connectivity index is 2.07. The lowest BCUT2D eigenvalue weighted by Gasteiger charge is -2.18. The highest BCUT2D eigenvalue weighted by Crippen LogP contribution is 2.43. The molecule has 4 heteroatoms. The monoisotopic (exact) mass is 269 g/mol. The average molecular weight is 269 g/mol. The number of aromatic nitrogens is 1. The fourth-order valence-corrected chi connectivity index (χ4v) is 2.01. The first kappa shape index (κ1) is 14.2. The zero-order valence-electron chi connectivity index (χ0n) is 11.7. The molecule has 1 fully saturated rings. The minimum atomic E-state index is -2.71.